The summed E-state index contributed by atoms with van der Waals surface area (Å²) < 4.78 is 5.32. The summed E-state index contributed by atoms with van der Waals surface area (Å²) in [6, 6.07) is 7.63. The van der Waals surface area contributed by atoms with Crippen molar-refractivity contribution in [3.8, 4) is 0 Å². The lowest BCUT2D eigenvalue weighted by atomic mass is 10.1. The van der Waals surface area contributed by atoms with Crippen LogP contribution in [0.3, 0.4) is 0 Å². The number of rotatable bonds is 7. The van der Waals surface area contributed by atoms with Gasteiger partial charge in [0.05, 0.1) is 0 Å². The lowest BCUT2D eigenvalue weighted by molar-refractivity contribution is 0.0302. The molecule has 2 N–H and O–H groups in total. The summed E-state index contributed by atoms with van der Waals surface area (Å²) in [4.78, 5) is 31.3. The number of carbonyl (C=O) groups is 2. The molecule has 8 nitrogen and oxygen atoms in total. The first-order valence-corrected chi connectivity index (χ1v) is 9.72. The van der Waals surface area contributed by atoms with E-state index in [1.165, 1.54) is 4.90 Å². The molecule has 1 aromatic rings. The molecule has 0 unspecified atom stereocenters. The van der Waals surface area contributed by atoms with Gasteiger partial charge in [0.2, 0.25) is 0 Å². The van der Waals surface area contributed by atoms with E-state index in [-0.39, 0.29) is 12.0 Å². The first-order chi connectivity index (χ1) is 13.5. The van der Waals surface area contributed by atoms with E-state index >= 15 is 0 Å². The molecule has 0 aliphatic rings. The third-order valence-electron chi connectivity index (χ3n) is 3.95. The summed E-state index contributed by atoms with van der Waals surface area (Å²) in [7, 11) is 6.89. The van der Waals surface area contributed by atoms with Crippen LogP contribution in [0, 0.1) is 0 Å². The summed E-state index contributed by atoms with van der Waals surface area (Å²) in [5.74, 6) is 0.648. The highest BCUT2D eigenvalue weighted by Crippen LogP contribution is 2.09. The van der Waals surface area contributed by atoms with E-state index in [0.29, 0.717) is 31.2 Å². The first-order valence-electron chi connectivity index (χ1n) is 9.72. The van der Waals surface area contributed by atoms with Crippen molar-refractivity contribution in [2.24, 2.45) is 4.99 Å². The SMILES string of the molecule is CN=C(NCCc1cccc(C(=O)N(C)C)c1)NCCN(C)C(=O)OC(C)(C)C. The fourth-order valence-corrected chi connectivity index (χ4v) is 2.44. The van der Waals surface area contributed by atoms with E-state index < -0.39 is 5.60 Å². The number of aliphatic imine (C=N–C) groups is 1. The molecule has 0 aromatic heterocycles. The molecule has 0 radical (unpaired) electrons. The predicted octanol–water partition coefficient (Wildman–Crippen LogP) is 1.96. The summed E-state index contributed by atoms with van der Waals surface area (Å²) in [5.41, 5.74) is 1.25. The highest BCUT2D eigenvalue weighted by Gasteiger charge is 2.19. The van der Waals surface area contributed by atoms with Crippen LogP contribution < -0.4 is 10.6 Å². The van der Waals surface area contributed by atoms with Crippen molar-refractivity contribution in [1.29, 1.82) is 0 Å². The zero-order chi connectivity index (χ0) is 22.0. The number of nitrogens with zero attached hydrogens (tertiary/aromatic N) is 3. The Kier molecular flexibility index (Phi) is 9.44. The number of amides is 2. The van der Waals surface area contributed by atoms with Gasteiger partial charge in [-0.2, -0.15) is 0 Å². The van der Waals surface area contributed by atoms with Crippen LogP contribution in [0.5, 0.6) is 0 Å². The Bertz CT molecular complexity index is 711. The third-order valence-corrected chi connectivity index (χ3v) is 3.95. The van der Waals surface area contributed by atoms with E-state index in [0.717, 1.165) is 12.0 Å². The zero-order valence-electron chi connectivity index (χ0n) is 18.7. The molecule has 0 fully saturated rings. The summed E-state index contributed by atoms with van der Waals surface area (Å²) in [5, 5.41) is 6.42. The summed E-state index contributed by atoms with van der Waals surface area (Å²) in [6.07, 6.45) is 0.405. The Morgan fingerprint density at radius 1 is 1.10 bits per heavy atom. The largest absolute Gasteiger partial charge is 0.444 e. The molecule has 0 saturated heterocycles. The topological polar surface area (TPSA) is 86.3 Å². The summed E-state index contributed by atoms with van der Waals surface area (Å²) >= 11 is 0. The number of nitrogens with one attached hydrogen (secondary N) is 2. The van der Waals surface area contributed by atoms with Crippen molar-refractivity contribution >= 4 is 18.0 Å². The molecule has 8 heteroatoms. The molecule has 0 aliphatic carbocycles. The second-order valence-corrected chi connectivity index (χ2v) is 7.98. The molecule has 1 rings (SSSR count). The minimum atomic E-state index is -0.509. The highest BCUT2D eigenvalue weighted by atomic mass is 16.6. The molecule has 0 atom stereocenters. The van der Waals surface area contributed by atoms with Gasteiger partial charge in [-0.1, -0.05) is 12.1 Å². The van der Waals surface area contributed by atoms with Crippen LogP contribution in [-0.4, -0.2) is 81.2 Å². The van der Waals surface area contributed by atoms with Crippen LogP contribution in [-0.2, 0) is 11.2 Å². The fourth-order valence-electron chi connectivity index (χ4n) is 2.44. The van der Waals surface area contributed by atoms with Gasteiger partial charge < -0.3 is 25.2 Å². The predicted molar refractivity (Wildman–Crippen MR) is 116 cm³/mol. The Balaban J connectivity index is 2.41. The fraction of sp³-hybridized carbons (Fsp3) is 0.571. The standard InChI is InChI=1S/C21H35N5O3/c1-21(2,3)29-20(28)26(7)14-13-24-19(22-4)23-12-11-16-9-8-10-17(15-16)18(27)25(5)6/h8-10,15H,11-14H2,1-7H3,(H2,22,23,24). The van der Waals surface area contributed by atoms with Crippen LogP contribution in [0.15, 0.2) is 29.3 Å². The molecule has 0 bridgehead atoms. The van der Waals surface area contributed by atoms with Gasteiger partial charge in [-0.25, -0.2) is 4.79 Å². The quantitative estimate of drug-likeness (QED) is 0.535. The normalized spacial score (nSPS) is 11.6. The number of guanidine groups is 1. The van der Waals surface area contributed by atoms with Crippen LogP contribution in [0.2, 0.25) is 0 Å². The molecule has 0 heterocycles. The molecule has 0 saturated carbocycles. The van der Waals surface area contributed by atoms with Crippen molar-refractivity contribution in [2.75, 3.05) is 47.8 Å². The minimum absolute atomic E-state index is 0.00797. The molecular weight excluding hydrogens is 370 g/mol. The van der Waals surface area contributed by atoms with Gasteiger partial charge >= 0.3 is 6.09 Å². The van der Waals surface area contributed by atoms with E-state index in [4.69, 9.17) is 4.74 Å². The average molecular weight is 406 g/mol. The molecule has 0 spiro atoms. The number of hydrogen-bond acceptors (Lipinski definition) is 4. The zero-order valence-corrected chi connectivity index (χ0v) is 18.7. The number of carbonyl (C=O) groups excluding carboxylic acids is 2. The number of ether oxygens (including phenoxy) is 1. The molecular formula is C21H35N5O3. The maximum Gasteiger partial charge on any atom is 0.410 e. The maximum absolute atomic E-state index is 12.1. The molecule has 0 aliphatic heterocycles. The van der Waals surface area contributed by atoms with Crippen molar-refractivity contribution in [3.05, 3.63) is 35.4 Å². The second-order valence-electron chi connectivity index (χ2n) is 7.98. The van der Waals surface area contributed by atoms with Gasteiger partial charge in [0.1, 0.15) is 5.60 Å². The maximum atomic E-state index is 12.1. The number of benzene rings is 1. The van der Waals surface area contributed by atoms with Gasteiger partial charge in [-0.3, -0.25) is 9.79 Å². The second kappa shape index (κ2) is 11.3. The van der Waals surface area contributed by atoms with Gasteiger partial charge in [-0.05, 0) is 44.9 Å². The van der Waals surface area contributed by atoms with Gasteiger partial charge in [-0.15, -0.1) is 0 Å². The Morgan fingerprint density at radius 2 is 1.76 bits per heavy atom. The smallest absolute Gasteiger partial charge is 0.410 e. The Labute approximate surface area is 174 Å². The van der Waals surface area contributed by atoms with Crippen molar-refractivity contribution in [1.82, 2.24) is 20.4 Å². The first kappa shape index (κ1) is 24.3. The van der Waals surface area contributed by atoms with E-state index in [1.54, 1.807) is 33.1 Å². The molecule has 162 valence electrons. The lowest BCUT2D eigenvalue weighted by Gasteiger charge is -2.24. The van der Waals surface area contributed by atoms with Crippen LogP contribution in [0.4, 0.5) is 4.79 Å². The minimum Gasteiger partial charge on any atom is -0.444 e. The average Bonchev–Trinajstić information content (AvgIpc) is 2.64. The van der Waals surface area contributed by atoms with E-state index in [2.05, 4.69) is 15.6 Å². The van der Waals surface area contributed by atoms with Crippen LogP contribution in [0.25, 0.3) is 0 Å². The van der Waals surface area contributed by atoms with E-state index in [1.807, 2.05) is 45.0 Å². The van der Waals surface area contributed by atoms with Gasteiger partial charge in [0, 0.05) is 53.4 Å². The third kappa shape index (κ3) is 9.32. The van der Waals surface area contributed by atoms with Crippen molar-refractivity contribution < 1.29 is 14.3 Å². The lowest BCUT2D eigenvalue weighted by Crippen LogP contribution is -2.43. The molecule has 29 heavy (non-hydrogen) atoms. The number of hydrogen-bond donors (Lipinski definition) is 2. The molecule has 1 aromatic carbocycles. The van der Waals surface area contributed by atoms with Crippen LogP contribution >= 0.6 is 0 Å². The van der Waals surface area contributed by atoms with Crippen molar-refractivity contribution in [3.63, 3.8) is 0 Å². The van der Waals surface area contributed by atoms with E-state index in [9.17, 15) is 9.59 Å². The monoisotopic (exact) mass is 405 g/mol. The highest BCUT2D eigenvalue weighted by molar-refractivity contribution is 5.94. The molecule has 2 amide bonds. The Hall–Kier alpha value is -2.77. The van der Waals surface area contributed by atoms with Crippen LogP contribution in [0.1, 0.15) is 36.7 Å². The number of likely N-dealkylation sites (N-methyl/N-ethyl adjacent to an activating group) is 1. The van der Waals surface area contributed by atoms with Crippen molar-refractivity contribution in [2.45, 2.75) is 32.8 Å². The van der Waals surface area contributed by atoms with Gasteiger partial charge in [0.15, 0.2) is 5.96 Å². The van der Waals surface area contributed by atoms with Gasteiger partial charge in [0.25, 0.3) is 5.91 Å². The Morgan fingerprint density at radius 3 is 2.34 bits per heavy atom. The summed E-state index contributed by atoms with van der Waals surface area (Å²) in [6.45, 7) is 7.23.